The molecule has 7 nitrogen and oxygen atoms in total. The number of benzene rings is 1. The Hall–Kier alpha value is -2.54. The summed E-state index contributed by atoms with van der Waals surface area (Å²) in [5.41, 5.74) is 8.62. The standard InChI is InChI=1S/C18H22N4O3/c1-20-5-7-21(8-6-20)15-10-14-11(9-12(15)19)17(23)16(18(24)25)13-3-2-4-22(13)14/h9-10H,2-8,19H2,1H3,(H,24,25). The summed E-state index contributed by atoms with van der Waals surface area (Å²) in [7, 11) is 2.10. The number of fused-ring (bicyclic) bond motifs is 3. The molecule has 0 spiro atoms. The average molecular weight is 342 g/mol. The number of carbonyl (C=O) groups is 1. The number of rotatable bonds is 2. The van der Waals surface area contributed by atoms with E-state index in [0.717, 1.165) is 50.3 Å². The van der Waals surface area contributed by atoms with Gasteiger partial charge in [-0.2, -0.15) is 0 Å². The van der Waals surface area contributed by atoms with E-state index in [9.17, 15) is 14.7 Å². The summed E-state index contributed by atoms with van der Waals surface area (Å²) in [6, 6.07) is 3.63. The maximum absolute atomic E-state index is 12.7. The number of nitrogen functional groups attached to an aromatic ring is 1. The summed E-state index contributed by atoms with van der Waals surface area (Å²) in [5, 5.41) is 9.89. The molecule has 0 amide bonds. The first-order valence-corrected chi connectivity index (χ1v) is 8.63. The second kappa shape index (κ2) is 5.77. The van der Waals surface area contributed by atoms with Gasteiger partial charge in [0.05, 0.1) is 16.9 Å². The molecule has 0 aliphatic carbocycles. The van der Waals surface area contributed by atoms with Gasteiger partial charge in [-0.3, -0.25) is 4.79 Å². The molecule has 25 heavy (non-hydrogen) atoms. The lowest BCUT2D eigenvalue weighted by atomic mass is 10.0. The molecule has 0 radical (unpaired) electrons. The van der Waals surface area contributed by atoms with E-state index in [1.165, 1.54) is 0 Å². The van der Waals surface area contributed by atoms with Crippen molar-refractivity contribution in [2.75, 3.05) is 43.9 Å². The third kappa shape index (κ3) is 2.46. The zero-order chi connectivity index (χ0) is 17.7. The molecule has 2 aliphatic rings. The van der Waals surface area contributed by atoms with Crippen molar-refractivity contribution < 1.29 is 9.90 Å². The van der Waals surface area contributed by atoms with E-state index in [0.29, 0.717) is 23.2 Å². The number of carboxylic acid groups (broad SMARTS) is 1. The topological polar surface area (TPSA) is 91.8 Å². The lowest BCUT2D eigenvalue weighted by Crippen LogP contribution is -2.44. The Labute approximate surface area is 145 Å². The second-order valence-corrected chi connectivity index (χ2v) is 6.93. The predicted octanol–water partition coefficient (Wildman–Crippen LogP) is 0.980. The molecule has 0 unspecified atom stereocenters. The van der Waals surface area contributed by atoms with Crippen molar-refractivity contribution in [3.8, 4) is 0 Å². The molecule has 1 fully saturated rings. The van der Waals surface area contributed by atoms with Crippen LogP contribution in [0, 0.1) is 0 Å². The Kier molecular flexibility index (Phi) is 3.68. The Morgan fingerprint density at radius 1 is 1.16 bits per heavy atom. The second-order valence-electron chi connectivity index (χ2n) is 6.93. The van der Waals surface area contributed by atoms with Crippen molar-refractivity contribution in [1.29, 1.82) is 0 Å². The molecular weight excluding hydrogens is 320 g/mol. The molecule has 0 saturated carbocycles. The summed E-state index contributed by atoms with van der Waals surface area (Å²) in [6.07, 6.45) is 1.48. The summed E-state index contributed by atoms with van der Waals surface area (Å²) in [5.74, 6) is -1.15. The third-order valence-electron chi connectivity index (χ3n) is 5.38. The molecule has 1 saturated heterocycles. The van der Waals surface area contributed by atoms with Crippen LogP contribution in [0.2, 0.25) is 0 Å². The van der Waals surface area contributed by atoms with Gasteiger partial charge in [-0.25, -0.2) is 4.79 Å². The first-order valence-electron chi connectivity index (χ1n) is 8.63. The van der Waals surface area contributed by atoms with Crippen LogP contribution >= 0.6 is 0 Å². The smallest absolute Gasteiger partial charge is 0.341 e. The largest absolute Gasteiger partial charge is 0.477 e. The van der Waals surface area contributed by atoms with Crippen LogP contribution in [0.5, 0.6) is 0 Å². The number of hydrogen-bond acceptors (Lipinski definition) is 5. The first-order chi connectivity index (χ1) is 12.0. The lowest BCUT2D eigenvalue weighted by Gasteiger charge is -2.35. The fraction of sp³-hybridized carbons (Fsp3) is 0.444. The van der Waals surface area contributed by atoms with Gasteiger partial charge in [-0.15, -0.1) is 0 Å². The Morgan fingerprint density at radius 3 is 2.56 bits per heavy atom. The number of carboxylic acids is 1. The van der Waals surface area contributed by atoms with Crippen molar-refractivity contribution in [1.82, 2.24) is 9.47 Å². The van der Waals surface area contributed by atoms with Gasteiger partial charge < -0.3 is 25.2 Å². The van der Waals surface area contributed by atoms with Gasteiger partial charge in [-0.1, -0.05) is 0 Å². The van der Waals surface area contributed by atoms with E-state index < -0.39 is 11.4 Å². The minimum atomic E-state index is -1.15. The molecule has 7 heteroatoms. The Balaban J connectivity index is 1.93. The molecule has 4 rings (SSSR count). The van der Waals surface area contributed by atoms with Crippen LogP contribution in [0.1, 0.15) is 22.5 Å². The monoisotopic (exact) mass is 342 g/mol. The van der Waals surface area contributed by atoms with E-state index in [1.54, 1.807) is 6.07 Å². The number of hydrogen-bond donors (Lipinski definition) is 2. The van der Waals surface area contributed by atoms with Gasteiger partial charge in [0.25, 0.3) is 0 Å². The minimum absolute atomic E-state index is 0.100. The molecule has 3 N–H and O–H groups in total. The fourth-order valence-electron chi connectivity index (χ4n) is 4.01. The number of likely N-dealkylation sites (N-methyl/N-ethyl adjacent to an activating group) is 1. The third-order valence-corrected chi connectivity index (χ3v) is 5.38. The maximum atomic E-state index is 12.7. The highest BCUT2D eigenvalue weighted by molar-refractivity contribution is 5.97. The number of nitrogens with two attached hydrogens (primary N) is 1. The van der Waals surface area contributed by atoms with Crippen molar-refractivity contribution >= 4 is 28.2 Å². The summed E-state index contributed by atoms with van der Waals surface area (Å²) in [4.78, 5) is 28.9. The molecule has 0 bridgehead atoms. The SMILES string of the molecule is CN1CCN(c2cc3c(cc2N)c(=O)c(C(=O)O)c2n3CCC2)CC1. The molecule has 2 aromatic rings. The Bertz CT molecular complexity index is 926. The fourth-order valence-corrected chi connectivity index (χ4v) is 4.01. The average Bonchev–Trinajstić information content (AvgIpc) is 3.04. The van der Waals surface area contributed by atoms with E-state index >= 15 is 0 Å². The van der Waals surface area contributed by atoms with Gasteiger partial charge in [0.1, 0.15) is 5.56 Å². The highest BCUT2D eigenvalue weighted by atomic mass is 16.4. The van der Waals surface area contributed by atoms with Gasteiger partial charge in [0, 0.05) is 43.8 Å². The van der Waals surface area contributed by atoms with Gasteiger partial charge in [0.15, 0.2) is 0 Å². The van der Waals surface area contributed by atoms with Crippen LogP contribution in [0.4, 0.5) is 11.4 Å². The number of piperazine rings is 1. The molecule has 1 aromatic carbocycles. The lowest BCUT2D eigenvalue weighted by molar-refractivity contribution is 0.0694. The van der Waals surface area contributed by atoms with Crippen LogP contribution in [-0.4, -0.2) is 53.8 Å². The zero-order valence-electron chi connectivity index (χ0n) is 14.3. The maximum Gasteiger partial charge on any atom is 0.341 e. The van der Waals surface area contributed by atoms with Crippen LogP contribution < -0.4 is 16.1 Å². The van der Waals surface area contributed by atoms with Crippen molar-refractivity contribution in [2.45, 2.75) is 19.4 Å². The van der Waals surface area contributed by atoms with E-state index in [1.807, 2.05) is 10.6 Å². The van der Waals surface area contributed by atoms with E-state index in [4.69, 9.17) is 5.73 Å². The van der Waals surface area contributed by atoms with Crippen LogP contribution in [0.25, 0.3) is 10.9 Å². The molecule has 1 aromatic heterocycles. The van der Waals surface area contributed by atoms with E-state index in [2.05, 4.69) is 16.8 Å². The summed E-state index contributed by atoms with van der Waals surface area (Å²) in [6.45, 7) is 4.44. The first kappa shape index (κ1) is 16.0. The van der Waals surface area contributed by atoms with Crippen LogP contribution in [-0.2, 0) is 13.0 Å². The normalized spacial score (nSPS) is 17.9. The zero-order valence-corrected chi connectivity index (χ0v) is 14.3. The van der Waals surface area contributed by atoms with Crippen molar-refractivity contribution in [3.63, 3.8) is 0 Å². The predicted molar refractivity (Wildman–Crippen MR) is 97.6 cm³/mol. The van der Waals surface area contributed by atoms with Crippen molar-refractivity contribution in [2.24, 2.45) is 0 Å². The van der Waals surface area contributed by atoms with Crippen molar-refractivity contribution in [3.05, 3.63) is 33.6 Å². The molecular formula is C18H22N4O3. The number of aromatic carboxylic acids is 1. The summed E-state index contributed by atoms with van der Waals surface area (Å²) < 4.78 is 1.99. The van der Waals surface area contributed by atoms with Gasteiger partial charge in [0.2, 0.25) is 5.43 Å². The molecule has 132 valence electrons. The molecule has 3 heterocycles. The Morgan fingerprint density at radius 2 is 1.88 bits per heavy atom. The molecule has 2 aliphatic heterocycles. The summed E-state index contributed by atoms with van der Waals surface area (Å²) >= 11 is 0. The number of aromatic nitrogens is 1. The number of pyridine rings is 1. The minimum Gasteiger partial charge on any atom is -0.477 e. The van der Waals surface area contributed by atoms with Gasteiger partial charge in [-0.05, 0) is 32.0 Å². The molecule has 0 atom stereocenters. The van der Waals surface area contributed by atoms with Gasteiger partial charge >= 0.3 is 5.97 Å². The van der Waals surface area contributed by atoms with Crippen LogP contribution in [0.3, 0.4) is 0 Å². The quantitative estimate of drug-likeness (QED) is 0.791. The number of aryl methyl sites for hydroxylation is 1. The number of nitrogens with zero attached hydrogens (tertiary/aromatic N) is 3. The highest BCUT2D eigenvalue weighted by Crippen LogP contribution is 2.32. The number of anilines is 2. The van der Waals surface area contributed by atoms with E-state index in [-0.39, 0.29) is 5.56 Å². The van der Waals surface area contributed by atoms with Crippen LogP contribution in [0.15, 0.2) is 16.9 Å². The highest BCUT2D eigenvalue weighted by Gasteiger charge is 2.26.